The fraction of sp³-hybridized carbons (Fsp3) is 0.889. The summed E-state index contributed by atoms with van der Waals surface area (Å²) >= 11 is 0. The van der Waals surface area contributed by atoms with Gasteiger partial charge in [-0.15, -0.1) is 0 Å². The molecule has 0 radical (unpaired) electrons. The molecule has 0 N–H and O–H groups in total. The Balaban J connectivity index is 5.71. The average molecular weight is 373 g/mol. The van der Waals surface area contributed by atoms with Gasteiger partial charge in [0.25, 0.3) is 8.32 Å². The zero-order chi connectivity index (χ0) is 20.5. The van der Waals surface area contributed by atoms with Crippen molar-refractivity contribution >= 4 is 20.5 Å². The summed E-state index contributed by atoms with van der Waals surface area (Å²) in [6, 6.07) is 0. The normalized spacial score (nSPS) is 14.6. The molecule has 0 unspecified atom stereocenters. The number of azo groups is 1. The first-order valence-electron chi connectivity index (χ1n) is 8.62. The molecule has 6 nitrogen and oxygen atoms in total. The minimum Gasteiger partial charge on any atom is -0.499 e. The smallest absolute Gasteiger partial charge is 0.453 e. The standard InChI is InChI=1S/C18H36N2O4Si/c1-15(2,3)23-13(21)19-20-14(22)24-25(16(4,5)6,17(7,8)9)18(10,11)12/h1-12H3. The van der Waals surface area contributed by atoms with Gasteiger partial charge in [0.1, 0.15) is 5.60 Å². The fourth-order valence-electron chi connectivity index (χ4n) is 4.35. The molecule has 146 valence electrons. The SMILES string of the molecule is CC(C)(C)OC(=O)N=NC(=O)O[Si](C(C)(C)C)(C(C)(C)C)C(C)(C)C. The van der Waals surface area contributed by atoms with E-state index >= 15 is 0 Å². The minimum absolute atomic E-state index is 0.236. The van der Waals surface area contributed by atoms with E-state index in [-0.39, 0.29) is 15.1 Å². The second-order valence-electron chi connectivity index (χ2n) is 10.5. The zero-order valence-corrected chi connectivity index (χ0v) is 19.0. The van der Waals surface area contributed by atoms with Gasteiger partial charge >= 0.3 is 12.2 Å². The van der Waals surface area contributed by atoms with Crippen molar-refractivity contribution in [2.24, 2.45) is 10.2 Å². The molecule has 0 aromatic heterocycles. The van der Waals surface area contributed by atoms with E-state index in [0.717, 1.165) is 0 Å². The van der Waals surface area contributed by atoms with Gasteiger partial charge in [-0.1, -0.05) is 72.5 Å². The van der Waals surface area contributed by atoms with Gasteiger partial charge in [0.15, 0.2) is 0 Å². The van der Waals surface area contributed by atoms with Crippen LogP contribution in [-0.4, -0.2) is 26.1 Å². The number of nitrogens with zero attached hydrogens (tertiary/aromatic N) is 2. The van der Waals surface area contributed by atoms with Crippen LogP contribution in [0.25, 0.3) is 0 Å². The van der Waals surface area contributed by atoms with Gasteiger partial charge in [-0.3, -0.25) is 0 Å². The van der Waals surface area contributed by atoms with Gasteiger partial charge in [0, 0.05) is 0 Å². The number of carbonyl (C=O) groups is 2. The van der Waals surface area contributed by atoms with Gasteiger partial charge < -0.3 is 9.16 Å². The van der Waals surface area contributed by atoms with Crippen LogP contribution in [0.15, 0.2) is 10.2 Å². The van der Waals surface area contributed by atoms with Crippen LogP contribution in [0.5, 0.6) is 0 Å². The molecular weight excluding hydrogens is 336 g/mol. The van der Waals surface area contributed by atoms with Crippen molar-refractivity contribution in [3.63, 3.8) is 0 Å². The van der Waals surface area contributed by atoms with E-state index in [4.69, 9.17) is 9.16 Å². The van der Waals surface area contributed by atoms with Crippen molar-refractivity contribution in [2.45, 2.75) is 104 Å². The summed E-state index contributed by atoms with van der Waals surface area (Å²) in [5.41, 5.74) is -0.694. The molecule has 0 aliphatic carbocycles. The first kappa shape index (κ1) is 23.8. The Kier molecular flexibility index (Phi) is 6.81. The maximum absolute atomic E-state index is 12.4. The summed E-state index contributed by atoms with van der Waals surface area (Å²) in [4.78, 5) is 24.1. The Morgan fingerprint density at radius 1 is 0.640 bits per heavy atom. The summed E-state index contributed by atoms with van der Waals surface area (Å²) in [5.74, 6) is 0. The van der Waals surface area contributed by atoms with Gasteiger partial charge in [-0.25, -0.2) is 9.59 Å². The molecule has 7 heteroatoms. The number of amides is 2. The first-order chi connectivity index (χ1) is 10.7. The van der Waals surface area contributed by atoms with E-state index in [9.17, 15) is 9.59 Å². The lowest BCUT2D eigenvalue weighted by Gasteiger charge is -2.56. The van der Waals surface area contributed by atoms with Gasteiger partial charge in [0.2, 0.25) is 0 Å². The molecule has 0 rings (SSSR count). The lowest BCUT2D eigenvalue weighted by molar-refractivity contribution is 0.0588. The number of rotatable bonds is 1. The topological polar surface area (TPSA) is 77.3 Å². The van der Waals surface area contributed by atoms with E-state index in [1.165, 1.54) is 0 Å². The van der Waals surface area contributed by atoms with Crippen LogP contribution in [0.4, 0.5) is 9.59 Å². The minimum atomic E-state index is -2.74. The predicted molar refractivity (Wildman–Crippen MR) is 102 cm³/mol. The molecule has 0 aromatic carbocycles. The molecule has 0 atom stereocenters. The van der Waals surface area contributed by atoms with Crippen molar-refractivity contribution in [1.82, 2.24) is 0 Å². The third-order valence-corrected chi connectivity index (χ3v) is 10.8. The van der Waals surface area contributed by atoms with Crippen molar-refractivity contribution in [1.29, 1.82) is 0 Å². The van der Waals surface area contributed by atoms with Crippen molar-refractivity contribution in [3.8, 4) is 0 Å². The van der Waals surface area contributed by atoms with Crippen molar-refractivity contribution in [2.75, 3.05) is 0 Å². The zero-order valence-electron chi connectivity index (χ0n) is 18.0. The van der Waals surface area contributed by atoms with Crippen LogP contribution in [0.3, 0.4) is 0 Å². The molecule has 25 heavy (non-hydrogen) atoms. The van der Waals surface area contributed by atoms with Gasteiger partial charge in [0.05, 0.1) is 0 Å². The second-order valence-corrected chi connectivity index (χ2v) is 16.5. The van der Waals surface area contributed by atoms with E-state index in [1.807, 2.05) is 0 Å². The Hall–Kier alpha value is -1.24. The predicted octanol–water partition coefficient (Wildman–Crippen LogP) is 6.86. The summed E-state index contributed by atoms with van der Waals surface area (Å²) in [6.45, 7) is 24.0. The van der Waals surface area contributed by atoms with Crippen molar-refractivity contribution in [3.05, 3.63) is 0 Å². The Morgan fingerprint density at radius 2 is 0.960 bits per heavy atom. The van der Waals surface area contributed by atoms with Crippen LogP contribution >= 0.6 is 0 Å². The third kappa shape index (κ3) is 5.90. The van der Waals surface area contributed by atoms with Gasteiger partial charge in [-0.05, 0) is 35.9 Å². The fourth-order valence-corrected chi connectivity index (χ4v) is 12.3. The highest BCUT2D eigenvalue weighted by Crippen LogP contribution is 2.62. The van der Waals surface area contributed by atoms with Crippen LogP contribution in [0.2, 0.25) is 15.1 Å². The molecule has 0 bridgehead atoms. The number of hydrogen-bond donors (Lipinski definition) is 0. The molecule has 0 fully saturated rings. The van der Waals surface area contributed by atoms with Crippen LogP contribution in [0.1, 0.15) is 83.1 Å². The summed E-state index contributed by atoms with van der Waals surface area (Å²) in [7, 11) is -2.74. The van der Waals surface area contributed by atoms with E-state index in [2.05, 4.69) is 72.5 Å². The van der Waals surface area contributed by atoms with E-state index in [0.29, 0.717) is 0 Å². The molecule has 0 aliphatic rings. The monoisotopic (exact) mass is 372 g/mol. The summed E-state index contributed by atoms with van der Waals surface area (Å²) < 4.78 is 11.1. The van der Waals surface area contributed by atoms with Crippen LogP contribution < -0.4 is 0 Å². The largest absolute Gasteiger partial charge is 0.499 e. The third-order valence-electron chi connectivity index (χ3n) is 4.02. The molecule has 0 saturated heterocycles. The molecule has 0 heterocycles. The van der Waals surface area contributed by atoms with E-state index in [1.54, 1.807) is 20.8 Å². The highest BCUT2D eigenvalue weighted by molar-refractivity contribution is 6.83. The second kappa shape index (κ2) is 7.17. The molecule has 0 saturated carbocycles. The van der Waals surface area contributed by atoms with Crippen LogP contribution in [-0.2, 0) is 9.16 Å². The maximum Gasteiger partial charge on any atom is 0.453 e. The highest BCUT2D eigenvalue weighted by atomic mass is 28.4. The molecule has 0 aromatic rings. The average Bonchev–Trinajstić information content (AvgIpc) is 2.26. The molecule has 0 aliphatic heterocycles. The number of carbonyl (C=O) groups excluding carboxylic acids is 2. The first-order valence-corrected chi connectivity index (χ1v) is 10.5. The van der Waals surface area contributed by atoms with Crippen molar-refractivity contribution < 1.29 is 18.8 Å². The van der Waals surface area contributed by atoms with E-state index < -0.39 is 26.1 Å². The molecular formula is C18H36N2O4Si. The van der Waals surface area contributed by atoms with Crippen LogP contribution in [0, 0.1) is 0 Å². The summed E-state index contributed by atoms with van der Waals surface area (Å²) in [6.07, 6.45) is -1.74. The summed E-state index contributed by atoms with van der Waals surface area (Å²) in [5, 5.41) is 6.10. The highest BCUT2D eigenvalue weighted by Gasteiger charge is 2.64. The van der Waals surface area contributed by atoms with Gasteiger partial charge in [-0.2, -0.15) is 0 Å². The Labute approximate surface area is 153 Å². The lowest BCUT2D eigenvalue weighted by Crippen LogP contribution is -2.61. The molecule has 2 amide bonds. The number of hydrogen-bond acceptors (Lipinski definition) is 4. The quantitative estimate of drug-likeness (QED) is 0.372. The number of ether oxygens (including phenoxy) is 1. The Morgan fingerprint density at radius 3 is 1.24 bits per heavy atom. The lowest BCUT2D eigenvalue weighted by atomic mass is 10.2. The maximum atomic E-state index is 12.4. The Bertz CT molecular complexity index is 493. The molecule has 0 spiro atoms.